The number of rotatable bonds is 6. The number of alkyl carbamates (subject to hydrolysis) is 1. The number of carbonyl (C=O) groups excluding carboxylic acids is 1. The summed E-state index contributed by atoms with van der Waals surface area (Å²) in [7, 11) is 0. The van der Waals surface area contributed by atoms with Gasteiger partial charge in [-0.3, -0.25) is 0 Å². The Morgan fingerprint density at radius 2 is 1.64 bits per heavy atom. The molecule has 0 fully saturated rings. The molecule has 0 aromatic heterocycles. The fraction of sp³-hybridized carbons (Fsp3) is 0.300. The first kappa shape index (κ1) is 21.9. The number of aliphatic carboxylic acids is 1. The van der Waals surface area contributed by atoms with E-state index in [-0.39, 0.29) is 6.42 Å². The van der Waals surface area contributed by atoms with Crippen LogP contribution in [0.1, 0.15) is 26.3 Å². The van der Waals surface area contributed by atoms with Gasteiger partial charge in [-0.15, -0.1) is 0 Å². The molecule has 6 nitrogen and oxygen atoms in total. The summed E-state index contributed by atoms with van der Waals surface area (Å²) in [4.78, 5) is 23.3. The van der Waals surface area contributed by atoms with E-state index >= 15 is 0 Å². The molecule has 0 heterocycles. The molecule has 2 rings (SSSR count). The molecule has 28 heavy (non-hydrogen) atoms. The molecular weight excluding hydrogens is 403 g/mol. The summed E-state index contributed by atoms with van der Waals surface area (Å²) in [6, 6.07) is 11.2. The van der Waals surface area contributed by atoms with Crippen LogP contribution >= 0.6 is 23.2 Å². The van der Waals surface area contributed by atoms with E-state index in [0.29, 0.717) is 15.7 Å². The van der Waals surface area contributed by atoms with Crippen LogP contribution in [-0.2, 0) is 16.0 Å². The number of halogens is 2. The van der Waals surface area contributed by atoms with Crippen molar-refractivity contribution in [3.8, 4) is 0 Å². The molecule has 0 saturated carbocycles. The highest BCUT2D eigenvalue weighted by atomic mass is 35.5. The van der Waals surface area contributed by atoms with Gasteiger partial charge in [0.15, 0.2) is 0 Å². The standard InChI is InChI=1S/C20H22Cl2N2O4/c1-20(2,3)28-19(27)24-16(18(25)26)11-12-7-9-13(10-8-12)23-17-14(21)5-4-6-15(17)22/h4-10,16,23H,11H2,1-3H3,(H,24,27)(H,25,26)/t16-/m0/s1. The van der Waals surface area contributed by atoms with Gasteiger partial charge in [-0.2, -0.15) is 0 Å². The maximum Gasteiger partial charge on any atom is 0.408 e. The number of hydrogen-bond donors (Lipinski definition) is 3. The van der Waals surface area contributed by atoms with Gasteiger partial charge in [-0.25, -0.2) is 9.59 Å². The van der Waals surface area contributed by atoms with E-state index in [1.165, 1.54) is 0 Å². The highest BCUT2D eigenvalue weighted by Gasteiger charge is 2.24. The lowest BCUT2D eigenvalue weighted by Crippen LogP contribution is -2.44. The predicted molar refractivity (Wildman–Crippen MR) is 111 cm³/mol. The number of carboxylic acid groups (broad SMARTS) is 1. The van der Waals surface area contributed by atoms with Crippen LogP contribution in [0, 0.1) is 0 Å². The van der Waals surface area contributed by atoms with E-state index in [1.54, 1.807) is 63.2 Å². The Balaban J connectivity index is 2.05. The highest BCUT2D eigenvalue weighted by molar-refractivity contribution is 6.39. The van der Waals surface area contributed by atoms with Crippen molar-refractivity contribution < 1.29 is 19.4 Å². The van der Waals surface area contributed by atoms with E-state index in [2.05, 4.69) is 10.6 Å². The average Bonchev–Trinajstić information content (AvgIpc) is 2.57. The first-order valence-corrected chi connectivity index (χ1v) is 9.33. The third-order valence-electron chi connectivity index (χ3n) is 3.61. The van der Waals surface area contributed by atoms with E-state index in [9.17, 15) is 14.7 Å². The number of amides is 1. The first-order chi connectivity index (χ1) is 13.0. The Kier molecular flexibility index (Phi) is 7.16. The Labute approximate surface area is 173 Å². The molecule has 0 bridgehead atoms. The Bertz CT molecular complexity index is 828. The van der Waals surface area contributed by atoms with Crippen LogP contribution in [0.3, 0.4) is 0 Å². The molecule has 0 aliphatic rings. The molecule has 150 valence electrons. The van der Waals surface area contributed by atoms with Crippen LogP contribution in [0.15, 0.2) is 42.5 Å². The minimum atomic E-state index is -1.14. The van der Waals surface area contributed by atoms with E-state index < -0.39 is 23.7 Å². The molecule has 1 amide bonds. The number of ether oxygens (including phenoxy) is 1. The van der Waals surface area contributed by atoms with Gasteiger partial charge < -0.3 is 20.5 Å². The Hall–Kier alpha value is -2.44. The van der Waals surface area contributed by atoms with Crippen molar-refractivity contribution >= 4 is 46.6 Å². The molecular formula is C20H22Cl2N2O4. The summed E-state index contributed by atoms with van der Waals surface area (Å²) in [5.41, 5.74) is 1.36. The second-order valence-electron chi connectivity index (χ2n) is 7.16. The second kappa shape index (κ2) is 9.17. The van der Waals surface area contributed by atoms with Gasteiger partial charge in [0.05, 0.1) is 15.7 Å². The number of benzene rings is 2. The monoisotopic (exact) mass is 424 g/mol. The SMILES string of the molecule is CC(C)(C)OC(=O)N[C@@H](Cc1ccc(Nc2c(Cl)cccc2Cl)cc1)C(=O)O. The van der Waals surface area contributed by atoms with Gasteiger partial charge in [0.1, 0.15) is 11.6 Å². The Morgan fingerprint density at radius 3 is 2.14 bits per heavy atom. The second-order valence-corrected chi connectivity index (χ2v) is 7.97. The predicted octanol–water partition coefficient (Wildman–Crippen LogP) is 5.26. The van der Waals surface area contributed by atoms with Gasteiger partial charge in [-0.1, -0.05) is 41.4 Å². The number of carboxylic acids is 1. The topological polar surface area (TPSA) is 87.7 Å². The van der Waals surface area contributed by atoms with Crippen molar-refractivity contribution in [2.75, 3.05) is 5.32 Å². The number of nitrogens with one attached hydrogen (secondary N) is 2. The summed E-state index contributed by atoms with van der Waals surface area (Å²) in [5.74, 6) is -1.14. The molecule has 0 aliphatic heterocycles. The first-order valence-electron chi connectivity index (χ1n) is 8.57. The average molecular weight is 425 g/mol. The van der Waals surface area contributed by atoms with Crippen LogP contribution in [-0.4, -0.2) is 28.8 Å². The number of anilines is 2. The summed E-state index contributed by atoms with van der Waals surface area (Å²) in [5, 5.41) is 15.9. The largest absolute Gasteiger partial charge is 0.480 e. The van der Waals surface area contributed by atoms with Gasteiger partial charge in [0.2, 0.25) is 0 Å². The lowest BCUT2D eigenvalue weighted by atomic mass is 10.1. The summed E-state index contributed by atoms with van der Waals surface area (Å²) in [6.07, 6.45) is -0.659. The zero-order valence-corrected chi connectivity index (χ0v) is 17.3. The number of hydrogen-bond acceptors (Lipinski definition) is 4. The maximum atomic E-state index is 11.9. The third-order valence-corrected chi connectivity index (χ3v) is 4.24. The molecule has 3 N–H and O–H groups in total. The molecule has 0 aliphatic carbocycles. The minimum absolute atomic E-state index is 0.113. The fourth-order valence-corrected chi connectivity index (χ4v) is 2.86. The van der Waals surface area contributed by atoms with Crippen LogP contribution in [0.4, 0.5) is 16.2 Å². The zero-order chi connectivity index (χ0) is 20.9. The summed E-state index contributed by atoms with van der Waals surface area (Å²) >= 11 is 12.3. The Morgan fingerprint density at radius 1 is 1.07 bits per heavy atom. The highest BCUT2D eigenvalue weighted by Crippen LogP contribution is 2.32. The lowest BCUT2D eigenvalue weighted by molar-refractivity contribution is -0.139. The molecule has 2 aromatic rings. The molecule has 1 atom stereocenters. The van der Waals surface area contributed by atoms with E-state index in [0.717, 1.165) is 11.3 Å². The van der Waals surface area contributed by atoms with Crippen molar-refractivity contribution in [2.24, 2.45) is 0 Å². The van der Waals surface area contributed by atoms with Crippen molar-refractivity contribution in [2.45, 2.75) is 38.8 Å². The van der Waals surface area contributed by atoms with Crippen molar-refractivity contribution in [3.63, 3.8) is 0 Å². The minimum Gasteiger partial charge on any atom is -0.480 e. The summed E-state index contributed by atoms with van der Waals surface area (Å²) < 4.78 is 5.12. The zero-order valence-electron chi connectivity index (χ0n) is 15.8. The molecule has 0 spiro atoms. The van der Waals surface area contributed by atoms with Crippen LogP contribution in [0.2, 0.25) is 10.0 Å². The molecule has 0 unspecified atom stereocenters. The fourth-order valence-electron chi connectivity index (χ4n) is 2.37. The molecule has 2 aromatic carbocycles. The quantitative estimate of drug-likeness (QED) is 0.588. The lowest BCUT2D eigenvalue weighted by Gasteiger charge is -2.22. The van der Waals surface area contributed by atoms with Crippen LogP contribution in [0.5, 0.6) is 0 Å². The normalized spacial score (nSPS) is 12.2. The van der Waals surface area contributed by atoms with Crippen molar-refractivity contribution in [1.82, 2.24) is 5.32 Å². The summed E-state index contributed by atoms with van der Waals surface area (Å²) in [6.45, 7) is 5.12. The van der Waals surface area contributed by atoms with Gasteiger partial charge >= 0.3 is 12.1 Å². The molecule has 0 radical (unpaired) electrons. The maximum absolute atomic E-state index is 11.9. The van der Waals surface area contributed by atoms with Gasteiger partial charge in [-0.05, 0) is 50.6 Å². The van der Waals surface area contributed by atoms with Crippen molar-refractivity contribution in [3.05, 3.63) is 58.1 Å². The number of carbonyl (C=O) groups is 2. The molecule has 0 saturated heterocycles. The van der Waals surface area contributed by atoms with Crippen molar-refractivity contribution in [1.29, 1.82) is 0 Å². The smallest absolute Gasteiger partial charge is 0.408 e. The van der Waals surface area contributed by atoms with Crippen LogP contribution in [0.25, 0.3) is 0 Å². The van der Waals surface area contributed by atoms with Gasteiger partial charge in [0, 0.05) is 12.1 Å². The van der Waals surface area contributed by atoms with Gasteiger partial charge in [0.25, 0.3) is 0 Å². The van der Waals surface area contributed by atoms with E-state index in [4.69, 9.17) is 27.9 Å². The van der Waals surface area contributed by atoms with Crippen LogP contribution < -0.4 is 10.6 Å². The number of para-hydroxylation sites is 1. The third kappa shape index (κ3) is 6.62. The molecule has 8 heteroatoms. The van der Waals surface area contributed by atoms with E-state index in [1.807, 2.05) is 0 Å².